The average molecular weight is 268 g/mol. The van der Waals surface area contributed by atoms with Gasteiger partial charge < -0.3 is 15.8 Å². The molecule has 1 fully saturated rings. The van der Waals surface area contributed by atoms with Crippen LogP contribution in [0.4, 0.5) is 13.2 Å². The third-order valence-corrected chi connectivity index (χ3v) is 3.11. The van der Waals surface area contributed by atoms with E-state index in [-0.39, 0.29) is 30.9 Å². The molecule has 4 nitrogen and oxygen atoms in total. The zero-order chi connectivity index (χ0) is 13.6. The molecule has 1 rings (SSSR count). The summed E-state index contributed by atoms with van der Waals surface area (Å²) in [7, 11) is 0. The van der Waals surface area contributed by atoms with Gasteiger partial charge in [0, 0.05) is 12.5 Å². The standard InChI is InChI=1S/C11H19F3N2O2/c12-11(13,14)7-18-5-4-16-10(17)9-3-1-2-8(9)6-15/h8-9H,1-7,15H2,(H,16,17). The minimum Gasteiger partial charge on any atom is -0.370 e. The third kappa shape index (κ3) is 5.22. The van der Waals surface area contributed by atoms with Crippen LogP contribution in [0.15, 0.2) is 0 Å². The van der Waals surface area contributed by atoms with E-state index in [2.05, 4.69) is 10.1 Å². The quantitative estimate of drug-likeness (QED) is 0.708. The molecule has 1 amide bonds. The topological polar surface area (TPSA) is 64.4 Å². The number of hydrogen-bond donors (Lipinski definition) is 2. The summed E-state index contributed by atoms with van der Waals surface area (Å²) in [5, 5.41) is 2.59. The van der Waals surface area contributed by atoms with Crippen LogP contribution in [-0.4, -0.2) is 38.4 Å². The van der Waals surface area contributed by atoms with Crippen molar-refractivity contribution in [3.05, 3.63) is 0 Å². The van der Waals surface area contributed by atoms with Gasteiger partial charge in [-0.25, -0.2) is 0 Å². The highest BCUT2D eigenvalue weighted by atomic mass is 19.4. The lowest BCUT2D eigenvalue weighted by molar-refractivity contribution is -0.173. The Morgan fingerprint density at radius 3 is 2.72 bits per heavy atom. The minimum absolute atomic E-state index is 0.0994. The van der Waals surface area contributed by atoms with E-state index in [0.29, 0.717) is 6.54 Å². The smallest absolute Gasteiger partial charge is 0.370 e. The summed E-state index contributed by atoms with van der Waals surface area (Å²) in [6, 6.07) is 0. The SMILES string of the molecule is NCC1CCCC1C(=O)NCCOCC(F)(F)F. The van der Waals surface area contributed by atoms with Gasteiger partial charge in [-0.1, -0.05) is 6.42 Å². The Kier molecular flexibility index (Phi) is 5.87. The number of carbonyl (C=O) groups is 1. The first-order valence-corrected chi connectivity index (χ1v) is 6.06. The first-order chi connectivity index (χ1) is 8.44. The van der Waals surface area contributed by atoms with Crippen LogP contribution in [-0.2, 0) is 9.53 Å². The number of hydrogen-bond acceptors (Lipinski definition) is 3. The second kappa shape index (κ2) is 6.94. The monoisotopic (exact) mass is 268 g/mol. The summed E-state index contributed by atoms with van der Waals surface area (Å²) in [5.41, 5.74) is 5.56. The molecule has 1 aliphatic carbocycles. The van der Waals surface area contributed by atoms with Gasteiger partial charge in [0.15, 0.2) is 0 Å². The second-order valence-corrected chi connectivity index (χ2v) is 4.49. The molecule has 18 heavy (non-hydrogen) atoms. The van der Waals surface area contributed by atoms with E-state index in [0.717, 1.165) is 19.3 Å². The first kappa shape index (κ1) is 15.2. The van der Waals surface area contributed by atoms with Crippen LogP contribution in [0.1, 0.15) is 19.3 Å². The average Bonchev–Trinajstić information content (AvgIpc) is 2.74. The number of alkyl halides is 3. The van der Waals surface area contributed by atoms with Gasteiger partial charge in [-0.15, -0.1) is 0 Å². The molecule has 1 aliphatic rings. The maximum Gasteiger partial charge on any atom is 0.411 e. The fourth-order valence-corrected chi connectivity index (χ4v) is 2.23. The molecule has 0 bridgehead atoms. The Labute approximate surface area is 104 Å². The number of nitrogens with two attached hydrogens (primary N) is 1. The minimum atomic E-state index is -4.32. The zero-order valence-corrected chi connectivity index (χ0v) is 10.1. The van der Waals surface area contributed by atoms with Crippen LogP contribution < -0.4 is 11.1 Å². The fraction of sp³-hybridized carbons (Fsp3) is 0.909. The fourth-order valence-electron chi connectivity index (χ4n) is 2.23. The van der Waals surface area contributed by atoms with Gasteiger partial charge >= 0.3 is 6.18 Å². The van der Waals surface area contributed by atoms with E-state index in [1.807, 2.05) is 0 Å². The van der Waals surface area contributed by atoms with Gasteiger partial charge in [-0.2, -0.15) is 13.2 Å². The van der Waals surface area contributed by atoms with Gasteiger partial charge in [0.25, 0.3) is 0 Å². The highest BCUT2D eigenvalue weighted by Crippen LogP contribution is 2.30. The van der Waals surface area contributed by atoms with Crippen molar-refractivity contribution in [1.29, 1.82) is 0 Å². The molecule has 1 saturated carbocycles. The summed E-state index contributed by atoms with van der Waals surface area (Å²) in [6.07, 6.45) is -1.60. The van der Waals surface area contributed by atoms with Crippen molar-refractivity contribution in [2.24, 2.45) is 17.6 Å². The largest absolute Gasteiger partial charge is 0.411 e. The van der Waals surface area contributed by atoms with Crippen molar-refractivity contribution >= 4 is 5.91 Å². The Morgan fingerprint density at radius 1 is 1.39 bits per heavy atom. The molecule has 0 heterocycles. The van der Waals surface area contributed by atoms with Crippen molar-refractivity contribution in [1.82, 2.24) is 5.32 Å². The van der Waals surface area contributed by atoms with Crippen molar-refractivity contribution in [2.45, 2.75) is 25.4 Å². The van der Waals surface area contributed by atoms with Crippen molar-refractivity contribution in [3.63, 3.8) is 0 Å². The Morgan fingerprint density at radius 2 is 2.11 bits per heavy atom. The Balaban J connectivity index is 2.14. The summed E-state index contributed by atoms with van der Waals surface area (Å²) >= 11 is 0. The number of halogens is 3. The van der Waals surface area contributed by atoms with Crippen LogP contribution in [0.5, 0.6) is 0 Å². The van der Waals surface area contributed by atoms with Gasteiger partial charge in [-0.05, 0) is 25.3 Å². The van der Waals surface area contributed by atoms with Crippen LogP contribution >= 0.6 is 0 Å². The number of carbonyl (C=O) groups excluding carboxylic acids is 1. The van der Waals surface area contributed by atoms with Gasteiger partial charge in [0.2, 0.25) is 5.91 Å². The van der Waals surface area contributed by atoms with Crippen molar-refractivity contribution in [3.8, 4) is 0 Å². The van der Waals surface area contributed by atoms with E-state index in [1.54, 1.807) is 0 Å². The summed E-state index contributed by atoms with van der Waals surface area (Å²) in [6.45, 7) is -0.839. The normalized spacial score (nSPS) is 24.2. The van der Waals surface area contributed by atoms with Crippen LogP contribution in [0.25, 0.3) is 0 Å². The molecule has 0 aromatic rings. The predicted molar refractivity (Wildman–Crippen MR) is 59.8 cm³/mol. The second-order valence-electron chi connectivity index (χ2n) is 4.49. The van der Waals surface area contributed by atoms with E-state index in [9.17, 15) is 18.0 Å². The molecule has 0 aromatic heterocycles. The van der Waals surface area contributed by atoms with E-state index in [4.69, 9.17) is 5.73 Å². The molecule has 0 spiro atoms. The summed E-state index contributed by atoms with van der Waals surface area (Å²) in [4.78, 5) is 11.7. The molecular formula is C11H19F3N2O2. The van der Waals surface area contributed by atoms with Crippen molar-refractivity contribution < 1.29 is 22.7 Å². The molecule has 0 aromatic carbocycles. The molecule has 106 valence electrons. The van der Waals surface area contributed by atoms with Gasteiger partial charge in [0.05, 0.1) is 6.61 Å². The maximum absolute atomic E-state index is 11.8. The van der Waals surface area contributed by atoms with Crippen LogP contribution in [0, 0.1) is 11.8 Å². The lowest BCUT2D eigenvalue weighted by Gasteiger charge is -2.17. The molecule has 0 saturated heterocycles. The lowest BCUT2D eigenvalue weighted by atomic mass is 9.95. The summed E-state index contributed by atoms with van der Waals surface area (Å²) in [5.74, 6) is -0.0303. The molecule has 2 unspecified atom stereocenters. The highest BCUT2D eigenvalue weighted by molar-refractivity contribution is 5.79. The number of rotatable bonds is 6. The number of ether oxygens (including phenoxy) is 1. The maximum atomic E-state index is 11.8. The number of nitrogens with one attached hydrogen (secondary N) is 1. The first-order valence-electron chi connectivity index (χ1n) is 6.06. The van der Waals surface area contributed by atoms with E-state index < -0.39 is 12.8 Å². The molecule has 7 heteroatoms. The lowest BCUT2D eigenvalue weighted by Crippen LogP contribution is -2.37. The summed E-state index contributed by atoms with van der Waals surface area (Å²) < 4.78 is 39.7. The van der Waals surface area contributed by atoms with Crippen LogP contribution in [0.2, 0.25) is 0 Å². The molecular weight excluding hydrogens is 249 g/mol. The molecule has 3 N–H and O–H groups in total. The zero-order valence-electron chi connectivity index (χ0n) is 10.1. The molecule has 0 radical (unpaired) electrons. The van der Waals surface area contributed by atoms with Gasteiger partial charge in [0.1, 0.15) is 6.61 Å². The van der Waals surface area contributed by atoms with E-state index >= 15 is 0 Å². The highest BCUT2D eigenvalue weighted by Gasteiger charge is 2.31. The predicted octanol–water partition coefficient (Wildman–Crippen LogP) is 1.06. The van der Waals surface area contributed by atoms with Crippen molar-refractivity contribution in [2.75, 3.05) is 26.3 Å². The Bertz CT molecular complexity index is 272. The number of amides is 1. The van der Waals surface area contributed by atoms with Crippen LogP contribution in [0.3, 0.4) is 0 Å². The van der Waals surface area contributed by atoms with Gasteiger partial charge in [-0.3, -0.25) is 4.79 Å². The van der Waals surface area contributed by atoms with E-state index in [1.165, 1.54) is 0 Å². The molecule has 2 atom stereocenters. The third-order valence-electron chi connectivity index (χ3n) is 3.11. The molecule has 0 aliphatic heterocycles. The Hall–Kier alpha value is -0.820.